The molecule has 21 heavy (non-hydrogen) atoms. The van der Waals surface area contributed by atoms with Crippen LogP contribution in [-0.2, 0) is 21.3 Å². The van der Waals surface area contributed by atoms with Crippen LogP contribution in [-0.4, -0.2) is 39.2 Å². The highest BCUT2D eigenvalue weighted by Crippen LogP contribution is 2.23. The van der Waals surface area contributed by atoms with Crippen molar-refractivity contribution in [3.05, 3.63) is 18.0 Å². The third kappa shape index (κ3) is 4.29. The Morgan fingerprint density at radius 2 is 2.24 bits per heavy atom. The molecule has 0 spiro atoms. The van der Waals surface area contributed by atoms with Crippen LogP contribution in [0.25, 0.3) is 0 Å². The third-order valence-electron chi connectivity index (χ3n) is 3.83. The Bertz CT molecular complexity index is 541. The molecule has 120 valence electrons. The molecule has 2 atom stereocenters. The van der Waals surface area contributed by atoms with Gasteiger partial charge in [-0.2, -0.15) is 0 Å². The first-order chi connectivity index (χ1) is 10.1. The van der Waals surface area contributed by atoms with Crippen LogP contribution >= 0.6 is 0 Å². The Hall–Kier alpha value is -0.890. The van der Waals surface area contributed by atoms with Gasteiger partial charge in [0.1, 0.15) is 0 Å². The number of methoxy groups -OCH3 is 1. The zero-order valence-corrected chi connectivity index (χ0v) is 13.5. The highest BCUT2D eigenvalue weighted by atomic mass is 32.2. The second-order valence-electron chi connectivity index (χ2n) is 5.47. The molecule has 1 aromatic heterocycles. The van der Waals surface area contributed by atoms with Crippen molar-refractivity contribution in [2.45, 2.75) is 56.2 Å². The smallest absolute Gasteiger partial charge is 0.242 e. The Kier molecular flexibility index (Phi) is 5.80. The molecule has 0 amide bonds. The molecule has 0 radical (unpaired) electrons. The first kappa shape index (κ1) is 16.5. The van der Waals surface area contributed by atoms with E-state index in [1.54, 1.807) is 19.4 Å². The molecule has 0 aromatic carbocycles. The van der Waals surface area contributed by atoms with Crippen molar-refractivity contribution in [1.82, 2.24) is 15.0 Å². The van der Waals surface area contributed by atoms with Gasteiger partial charge in [-0.15, -0.1) is 0 Å². The lowest BCUT2D eigenvalue weighted by atomic mass is 10.2. The molecule has 7 heteroatoms. The average Bonchev–Trinajstić information content (AvgIpc) is 3.08. The maximum absolute atomic E-state index is 12.4. The largest absolute Gasteiger partial charge is 0.380 e. The number of nitrogens with one attached hydrogen (secondary N) is 3. The second kappa shape index (κ2) is 7.40. The van der Waals surface area contributed by atoms with Crippen LogP contribution in [0.15, 0.2) is 17.2 Å². The minimum atomic E-state index is -3.49. The number of ether oxygens (including phenoxy) is 1. The van der Waals surface area contributed by atoms with Crippen LogP contribution in [0.3, 0.4) is 0 Å². The van der Waals surface area contributed by atoms with Gasteiger partial charge in [0.2, 0.25) is 10.0 Å². The molecule has 1 aliphatic rings. The molecular weight excluding hydrogens is 290 g/mol. The monoisotopic (exact) mass is 315 g/mol. The summed E-state index contributed by atoms with van der Waals surface area (Å²) in [6, 6.07) is 1.55. The minimum absolute atomic E-state index is 0.0237. The fourth-order valence-corrected chi connectivity index (χ4v) is 4.00. The van der Waals surface area contributed by atoms with Crippen molar-refractivity contribution in [3.63, 3.8) is 0 Å². The number of aromatic nitrogens is 1. The van der Waals surface area contributed by atoms with E-state index in [1.807, 2.05) is 0 Å². The molecular formula is C14H25N3O3S. The van der Waals surface area contributed by atoms with E-state index in [2.05, 4.69) is 21.9 Å². The van der Waals surface area contributed by atoms with Gasteiger partial charge in [-0.25, -0.2) is 13.1 Å². The summed E-state index contributed by atoms with van der Waals surface area (Å²) in [6.45, 7) is 3.65. The number of H-pyrrole nitrogens is 1. The van der Waals surface area contributed by atoms with Crippen molar-refractivity contribution < 1.29 is 13.2 Å². The predicted octanol–water partition coefficient (Wildman–Crippen LogP) is 1.36. The van der Waals surface area contributed by atoms with Crippen LogP contribution in [0.5, 0.6) is 0 Å². The van der Waals surface area contributed by atoms with Crippen LogP contribution < -0.4 is 10.0 Å². The number of sulfonamides is 1. The van der Waals surface area contributed by atoms with Crippen LogP contribution in [0.1, 0.15) is 38.3 Å². The van der Waals surface area contributed by atoms with E-state index in [4.69, 9.17) is 4.74 Å². The summed E-state index contributed by atoms with van der Waals surface area (Å²) in [5.41, 5.74) is 0.874. The first-order valence-corrected chi connectivity index (χ1v) is 8.98. The minimum Gasteiger partial charge on any atom is -0.380 e. The molecule has 3 N–H and O–H groups in total. The lowest BCUT2D eigenvalue weighted by Crippen LogP contribution is -2.40. The molecule has 0 saturated heterocycles. The van der Waals surface area contributed by atoms with E-state index in [-0.39, 0.29) is 17.0 Å². The normalized spacial score (nSPS) is 22.8. The highest BCUT2D eigenvalue weighted by molar-refractivity contribution is 7.89. The van der Waals surface area contributed by atoms with E-state index in [0.29, 0.717) is 6.54 Å². The summed E-state index contributed by atoms with van der Waals surface area (Å²) >= 11 is 0. The molecule has 2 rings (SSSR count). The molecule has 2 unspecified atom stereocenters. The molecule has 1 heterocycles. The standard InChI is InChI=1S/C14H25N3O3S/c1-3-7-15-9-11-8-12(10-16-11)21(18,19)17-13-5-4-6-14(13)20-2/h8,10,13-17H,3-7,9H2,1-2H3. The van der Waals surface area contributed by atoms with Gasteiger partial charge in [-0.05, 0) is 38.3 Å². The Morgan fingerprint density at radius 3 is 2.95 bits per heavy atom. The average molecular weight is 315 g/mol. The summed E-state index contributed by atoms with van der Waals surface area (Å²) in [7, 11) is -1.86. The van der Waals surface area contributed by atoms with Gasteiger partial charge < -0.3 is 15.0 Å². The topological polar surface area (TPSA) is 83.2 Å². The van der Waals surface area contributed by atoms with Gasteiger partial charge >= 0.3 is 0 Å². The molecule has 1 fully saturated rings. The zero-order valence-electron chi connectivity index (χ0n) is 12.7. The third-order valence-corrected chi connectivity index (χ3v) is 5.30. The summed E-state index contributed by atoms with van der Waals surface area (Å²) < 4.78 is 32.9. The molecule has 1 saturated carbocycles. The van der Waals surface area contributed by atoms with E-state index < -0.39 is 10.0 Å². The first-order valence-electron chi connectivity index (χ1n) is 7.50. The van der Waals surface area contributed by atoms with Crippen LogP contribution in [0.2, 0.25) is 0 Å². The van der Waals surface area contributed by atoms with Crippen molar-refractivity contribution in [2.75, 3.05) is 13.7 Å². The Morgan fingerprint density at radius 1 is 1.43 bits per heavy atom. The Labute approximate surface area is 126 Å². The van der Waals surface area contributed by atoms with E-state index >= 15 is 0 Å². The van der Waals surface area contributed by atoms with E-state index in [1.165, 1.54) is 0 Å². The Balaban J connectivity index is 1.99. The number of hydrogen-bond acceptors (Lipinski definition) is 4. The number of aromatic amines is 1. The lowest BCUT2D eigenvalue weighted by Gasteiger charge is -2.19. The van der Waals surface area contributed by atoms with Crippen molar-refractivity contribution in [2.24, 2.45) is 0 Å². The van der Waals surface area contributed by atoms with E-state index in [0.717, 1.165) is 37.9 Å². The predicted molar refractivity (Wildman–Crippen MR) is 81.5 cm³/mol. The molecule has 1 aliphatic carbocycles. The quantitative estimate of drug-likeness (QED) is 0.633. The van der Waals surface area contributed by atoms with Gasteiger partial charge in [-0.1, -0.05) is 6.92 Å². The summed E-state index contributed by atoms with van der Waals surface area (Å²) in [4.78, 5) is 3.30. The lowest BCUT2D eigenvalue weighted by molar-refractivity contribution is 0.0916. The van der Waals surface area contributed by atoms with Crippen molar-refractivity contribution in [3.8, 4) is 0 Å². The summed E-state index contributed by atoms with van der Waals surface area (Å²) in [6.07, 6.45) is 5.29. The van der Waals surface area contributed by atoms with Gasteiger partial charge in [0.15, 0.2) is 0 Å². The summed E-state index contributed by atoms with van der Waals surface area (Å²) in [5, 5.41) is 3.24. The molecule has 0 bridgehead atoms. The number of hydrogen-bond donors (Lipinski definition) is 3. The van der Waals surface area contributed by atoms with E-state index in [9.17, 15) is 8.42 Å². The van der Waals surface area contributed by atoms with Crippen molar-refractivity contribution >= 4 is 10.0 Å². The van der Waals surface area contributed by atoms with Gasteiger partial charge in [0.05, 0.1) is 11.0 Å². The fraction of sp³-hybridized carbons (Fsp3) is 0.714. The zero-order chi connectivity index (χ0) is 15.3. The summed E-state index contributed by atoms with van der Waals surface area (Å²) in [5.74, 6) is 0. The fourth-order valence-electron chi connectivity index (χ4n) is 2.69. The van der Waals surface area contributed by atoms with Crippen molar-refractivity contribution in [1.29, 1.82) is 0 Å². The molecule has 0 aliphatic heterocycles. The SMILES string of the molecule is CCCNCc1cc(S(=O)(=O)NC2CCCC2OC)c[nH]1. The number of rotatable bonds is 8. The molecule has 6 nitrogen and oxygen atoms in total. The van der Waals surface area contributed by atoms with Crippen LogP contribution in [0, 0.1) is 0 Å². The maximum atomic E-state index is 12.4. The second-order valence-corrected chi connectivity index (χ2v) is 7.18. The van der Waals surface area contributed by atoms with Gasteiger partial charge in [0.25, 0.3) is 0 Å². The van der Waals surface area contributed by atoms with Gasteiger partial charge in [-0.3, -0.25) is 0 Å². The molecule has 1 aromatic rings. The maximum Gasteiger partial charge on any atom is 0.242 e. The van der Waals surface area contributed by atoms with Crippen LogP contribution in [0.4, 0.5) is 0 Å². The van der Waals surface area contributed by atoms with Gasteiger partial charge in [0, 0.05) is 31.6 Å². The highest BCUT2D eigenvalue weighted by Gasteiger charge is 2.31.